The van der Waals surface area contributed by atoms with E-state index in [1.165, 1.54) is 11.3 Å². The van der Waals surface area contributed by atoms with Crippen molar-refractivity contribution in [3.8, 4) is 0 Å². The van der Waals surface area contributed by atoms with Gasteiger partial charge in [-0.2, -0.15) is 0 Å². The van der Waals surface area contributed by atoms with Gasteiger partial charge in [-0.15, -0.1) is 11.3 Å². The van der Waals surface area contributed by atoms with Crippen molar-refractivity contribution in [3.05, 3.63) is 51.9 Å². The summed E-state index contributed by atoms with van der Waals surface area (Å²) in [4.78, 5) is 37.4. The summed E-state index contributed by atoms with van der Waals surface area (Å²) in [6.07, 6.45) is 0.875. The molecule has 0 bridgehead atoms. The summed E-state index contributed by atoms with van der Waals surface area (Å²) < 4.78 is 10.1. The van der Waals surface area contributed by atoms with Gasteiger partial charge < -0.3 is 14.8 Å². The summed E-state index contributed by atoms with van der Waals surface area (Å²) in [6.45, 7) is 7.55. The lowest BCUT2D eigenvalue weighted by Gasteiger charge is -2.07. The van der Waals surface area contributed by atoms with Crippen molar-refractivity contribution in [3.63, 3.8) is 0 Å². The van der Waals surface area contributed by atoms with Gasteiger partial charge in [0.25, 0.3) is 5.91 Å². The number of carbonyl (C=O) groups is 3. The molecule has 0 unspecified atom stereocenters. The van der Waals surface area contributed by atoms with E-state index < -0.39 is 24.5 Å². The molecule has 1 amide bonds. The molecular formula is C21H25NO5S. The van der Waals surface area contributed by atoms with Crippen LogP contribution in [-0.4, -0.2) is 31.1 Å². The molecule has 1 N–H and O–H groups in total. The number of carbonyl (C=O) groups excluding carboxylic acids is 3. The molecule has 2 aromatic rings. The Labute approximate surface area is 168 Å². The van der Waals surface area contributed by atoms with Crippen LogP contribution in [-0.2, 0) is 20.7 Å². The fraction of sp³-hybridized carbons (Fsp3) is 0.381. The minimum absolute atomic E-state index is 0.202. The van der Waals surface area contributed by atoms with E-state index in [1.807, 2.05) is 32.9 Å². The van der Waals surface area contributed by atoms with Crippen LogP contribution in [0.4, 0.5) is 5.00 Å². The summed E-state index contributed by atoms with van der Waals surface area (Å²) in [5.41, 5.74) is 1.81. The molecular weight excluding hydrogens is 378 g/mol. The van der Waals surface area contributed by atoms with Gasteiger partial charge in [-0.1, -0.05) is 32.9 Å². The lowest BCUT2D eigenvalue weighted by molar-refractivity contribution is -0.119. The van der Waals surface area contributed by atoms with Gasteiger partial charge in [0.05, 0.1) is 17.7 Å². The van der Waals surface area contributed by atoms with Crippen LogP contribution in [0.15, 0.2) is 30.3 Å². The molecule has 28 heavy (non-hydrogen) atoms. The van der Waals surface area contributed by atoms with Crippen LogP contribution < -0.4 is 5.32 Å². The van der Waals surface area contributed by atoms with Gasteiger partial charge in [-0.25, -0.2) is 9.59 Å². The molecule has 0 atom stereocenters. The van der Waals surface area contributed by atoms with Crippen molar-refractivity contribution in [2.24, 2.45) is 0 Å². The number of rotatable bonds is 8. The molecule has 0 saturated carbocycles. The fourth-order valence-corrected chi connectivity index (χ4v) is 3.47. The Hall–Kier alpha value is -2.67. The van der Waals surface area contributed by atoms with E-state index in [1.54, 1.807) is 25.1 Å². The minimum Gasteiger partial charge on any atom is -0.462 e. The lowest BCUT2D eigenvalue weighted by atomic mass is 10.1. The third-order valence-electron chi connectivity index (χ3n) is 4.00. The van der Waals surface area contributed by atoms with Gasteiger partial charge in [0.1, 0.15) is 5.00 Å². The molecule has 0 saturated heterocycles. The smallest absolute Gasteiger partial charge is 0.341 e. The number of hydrogen-bond donors (Lipinski definition) is 1. The summed E-state index contributed by atoms with van der Waals surface area (Å²) >= 11 is 1.31. The number of amides is 1. The van der Waals surface area contributed by atoms with E-state index in [0.717, 1.165) is 16.9 Å². The highest BCUT2D eigenvalue weighted by atomic mass is 32.1. The Morgan fingerprint density at radius 3 is 2.29 bits per heavy atom. The van der Waals surface area contributed by atoms with Gasteiger partial charge in [-0.05, 0) is 43.0 Å². The normalized spacial score (nSPS) is 10.6. The third-order valence-corrected chi connectivity index (χ3v) is 5.35. The Balaban J connectivity index is 2.01. The van der Waals surface area contributed by atoms with Crippen LogP contribution in [0, 0.1) is 0 Å². The van der Waals surface area contributed by atoms with Gasteiger partial charge in [0, 0.05) is 4.88 Å². The maximum Gasteiger partial charge on any atom is 0.341 e. The number of esters is 2. The molecule has 0 aliphatic heterocycles. The quantitative estimate of drug-likeness (QED) is 0.661. The number of thiophene rings is 1. The molecule has 1 heterocycles. The molecule has 0 fully saturated rings. The Kier molecular flexibility index (Phi) is 7.75. The first-order valence-corrected chi connectivity index (χ1v) is 10.0. The molecule has 0 aliphatic rings. The number of benzene rings is 1. The number of anilines is 1. The van der Waals surface area contributed by atoms with Crippen molar-refractivity contribution in [1.82, 2.24) is 0 Å². The zero-order chi connectivity index (χ0) is 20.7. The second kappa shape index (κ2) is 10.0. The van der Waals surface area contributed by atoms with E-state index in [0.29, 0.717) is 16.1 Å². The van der Waals surface area contributed by atoms with Crippen molar-refractivity contribution in [2.75, 3.05) is 18.5 Å². The Bertz CT molecular complexity index is 839. The first-order valence-electron chi connectivity index (χ1n) is 9.22. The predicted octanol–water partition coefficient (Wildman–Crippen LogP) is 4.41. The van der Waals surface area contributed by atoms with E-state index in [2.05, 4.69) is 5.32 Å². The van der Waals surface area contributed by atoms with E-state index >= 15 is 0 Å². The highest BCUT2D eigenvalue weighted by molar-refractivity contribution is 7.16. The molecule has 7 heteroatoms. The lowest BCUT2D eigenvalue weighted by Crippen LogP contribution is -2.21. The molecule has 2 rings (SSSR count). The van der Waals surface area contributed by atoms with Crippen LogP contribution in [0.5, 0.6) is 0 Å². The molecule has 0 radical (unpaired) electrons. The first-order chi connectivity index (χ1) is 13.3. The zero-order valence-corrected chi connectivity index (χ0v) is 17.4. The van der Waals surface area contributed by atoms with Gasteiger partial charge >= 0.3 is 11.9 Å². The first kappa shape index (κ1) is 21.6. The van der Waals surface area contributed by atoms with Crippen molar-refractivity contribution < 1.29 is 23.9 Å². The standard InChI is InChI=1S/C21H25NO5S/c1-5-14-7-9-15(10-8-14)20(24)27-12-18(23)22-19-16(21(25)26-6-2)11-17(28-19)13(3)4/h7-11,13H,5-6,12H2,1-4H3,(H,22,23). The van der Waals surface area contributed by atoms with E-state index in [-0.39, 0.29) is 12.5 Å². The number of ether oxygens (including phenoxy) is 2. The second-order valence-electron chi connectivity index (χ2n) is 6.44. The fourth-order valence-electron chi connectivity index (χ4n) is 2.40. The van der Waals surface area contributed by atoms with Gasteiger partial charge in [0.15, 0.2) is 6.61 Å². The molecule has 150 valence electrons. The Morgan fingerprint density at radius 2 is 1.71 bits per heavy atom. The maximum atomic E-state index is 12.2. The van der Waals surface area contributed by atoms with Crippen molar-refractivity contribution >= 4 is 34.2 Å². The molecule has 0 spiro atoms. The third kappa shape index (κ3) is 5.66. The SMILES string of the molecule is CCOC(=O)c1cc(C(C)C)sc1NC(=O)COC(=O)c1ccc(CC)cc1. The molecule has 1 aromatic heterocycles. The largest absolute Gasteiger partial charge is 0.462 e. The average molecular weight is 404 g/mol. The zero-order valence-electron chi connectivity index (χ0n) is 16.5. The van der Waals surface area contributed by atoms with Crippen LogP contribution >= 0.6 is 11.3 Å². The summed E-state index contributed by atoms with van der Waals surface area (Å²) in [6, 6.07) is 8.77. The number of aryl methyl sites for hydroxylation is 1. The van der Waals surface area contributed by atoms with Crippen molar-refractivity contribution in [2.45, 2.75) is 40.0 Å². The topological polar surface area (TPSA) is 81.7 Å². The highest BCUT2D eigenvalue weighted by Gasteiger charge is 2.21. The number of nitrogens with one attached hydrogen (secondary N) is 1. The van der Waals surface area contributed by atoms with E-state index in [4.69, 9.17) is 9.47 Å². The van der Waals surface area contributed by atoms with Gasteiger partial charge in [0.2, 0.25) is 0 Å². The summed E-state index contributed by atoms with van der Waals surface area (Å²) in [5.74, 6) is -1.37. The Morgan fingerprint density at radius 1 is 1.04 bits per heavy atom. The molecule has 0 aliphatic carbocycles. The van der Waals surface area contributed by atoms with Crippen LogP contribution in [0.25, 0.3) is 0 Å². The molecule has 1 aromatic carbocycles. The van der Waals surface area contributed by atoms with Crippen LogP contribution in [0.1, 0.15) is 64.8 Å². The van der Waals surface area contributed by atoms with Crippen LogP contribution in [0.3, 0.4) is 0 Å². The van der Waals surface area contributed by atoms with Crippen LogP contribution in [0.2, 0.25) is 0 Å². The minimum atomic E-state index is -0.572. The monoisotopic (exact) mass is 403 g/mol. The van der Waals surface area contributed by atoms with Crippen molar-refractivity contribution in [1.29, 1.82) is 0 Å². The average Bonchev–Trinajstić information content (AvgIpc) is 3.10. The second-order valence-corrected chi connectivity index (χ2v) is 7.53. The number of hydrogen-bond acceptors (Lipinski definition) is 6. The van der Waals surface area contributed by atoms with Gasteiger partial charge in [-0.3, -0.25) is 4.79 Å². The predicted molar refractivity (Wildman–Crippen MR) is 109 cm³/mol. The summed E-state index contributed by atoms with van der Waals surface area (Å²) in [5, 5.41) is 3.05. The molecule has 6 nitrogen and oxygen atoms in total. The van der Waals surface area contributed by atoms with E-state index in [9.17, 15) is 14.4 Å². The maximum absolute atomic E-state index is 12.2. The summed E-state index contributed by atoms with van der Waals surface area (Å²) in [7, 11) is 0. The highest BCUT2D eigenvalue weighted by Crippen LogP contribution is 2.33.